The standard InChI is InChI=1S/C31H46O8/c1-8-10-11-12-22(32)39-30-15-19(5)29-14-18(4)24(33)31(29,37)25(34)20(16-38-27(36)17(3)9-2)13-21(26(29)35)23(30)28(30,6)7/h9,13-14,19,21,23-26,33-35,37H,8,10-12,15-16H2,1-7H3/b17-9-/t19-,21+,23-,24+,25-,26?,29+,30+,31-/m1/s1. The summed E-state index contributed by atoms with van der Waals surface area (Å²) in [6, 6.07) is 0. The van der Waals surface area contributed by atoms with Crippen LogP contribution in [-0.4, -0.2) is 68.5 Å². The number of rotatable bonds is 8. The fourth-order valence-corrected chi connectivity index (χ4v) is 8.18. The van der Waals surface area contributed by atoms with Gasteiger partial charge in [-0.05, 0) is 50.7 Å². The molecule has 1 unspecified atom stereocenters. The van der Waals surface area contributed by atoms with E-state index in [1.807, 2.05) is 20.8 Å². The van der Waals surface area contributed by atoms with Gasteiger partial charge in [0.05, 0.1) is 11.5 Å². The number of aliphatic hydroxyl groups excluding tert-OH is 3. The van der Waals surface area contributed by atoms with E-state index in [2.05, 4.69) is 6.92 Å². The van der Waals surface area contributed by atoms with E-state index in [9.17, 15) is 30.0 Å². The van der Waals surface area contributed by atoms with Crippen LogP contribution < -0.4 is 0 Å². The molecule has 0 aromatic carbocycles. The van der Waals surface area contributed by atoms with Crippen LogP contribution >= 0.6 is 0 Å². The summed E-state index contributed by atoms with van der Waals surface area (Å²) in [4.78, 5) is 25.5. The number of carbonyl (C=O) groups excluding carboxylic acids is 2. The van der Waals surface area contributed by atoms with Gasteiger partial charge >= 0.3 is 11.9 Å². The molecule has 0 saturated heterocycles. The molecule has 4 rings (SSSR count). The molecule has 2 fully saturated rings. The second kappa shape index (κ2) is 10.1. The number of hydrogen-bond acceptors (Lipinski definition) is 8. The molecule has 4 aliphatic carbocycles. The van der Waals surface area contributed by atoms with Gasteiger partial charge in [-0.1, -0.05) is 58.8 Å². The van der Waals surface area contributed by atoms with E-state index in [1.165, 1.54) is 0 Å². The lowest BCUT2D eigenvalue weighted by atomic mass is 9.58. The summed E-state index contributed by atoms with van der Waals surface area (Å²) in [5.74, 6) is -2.25. The Morgan fingerprint density at radius 1 is 1.15 bits per heavy atom. The molecule has 8 nitrogen and oxygen atoms in total. The molecule has 218 valence electrons. The molecule has 39 heavy (non-hydrogen) atoms. The first-order valence-electron chi connectivity index (χ1n) is 14.4. The third-order valence-corrected chi connectivity index (χ3v) is 10.5. The molecule has 4 aliphatic rings. The molecule has 0 aromatic heterocycles. The minimum Gasteiger partial charge on any atom is -0.458 e. The smallest absolute Gasteiger partial charge is 0.333 e. The van der Waals surface area contributed by atoms with Crippen LogP contribution in [-0.2, 0) is 19.1 Å². The lowest BCUT2D eigenvalue weighted by Gasteiger charge is -2.51. The minimum atomic E-state index is -2.17. The Labute approximate surface area is 231 Å². The third-order valence-electron chi connectivity index (χ3n) is 10.5. The van der Waals surface area contributed by atoms with E-state index in [0.717, 1.165) is 19.3 Å². The SMILES string of the molecule is C/C=C(/C)C(=O)OCC1=C[C@@H]2C(O)[C@]3(C=C(C)[C@H](O)[C@@]3(O)[C@@H]1O)[C@H](C)C[C@]1(OC(=O)CCCCC)[C@H]2C1(C)C. The highest BCUT2D eigenvalue weighted by atomic mass is 16.6. The molecular formula is C31H46O8. The van der Waals surface area contributed by atoms with E-state index in [-0.39, 0.29) is 24.1 Å². The number of ether oxygens (including phenoxy) is 2. The van der Waals surface area contributed by atoms with Gasteiger partial charge < -0.3 is 29.9 Å². The zero-order valence-electron chi connectivity index (χ0n) is 24.4. The molecule has 9 atom stereocenters. The molecule has 0 aliphatic heterocycles. The van der Waals surface area contributed by atoms with Crippen LogP contribution in [0.4, 0.5) is 0 Å². The second-order valence-electron chi connectivity index (χ2n) is 12.9. The monoisotopic (exact) mass is 546 g/mol. The second-order valence-corrected chi connectivity index (χ2v) is 12.9. The van der Waals surface area contributed by atoms with Crippen LogP contribution in [0, 0.1) is 28.6 Å². The van der Waals surface area contributed by atoms with Gasteiger partial charge in [-0.2, -0.15) is 0 Å². The summed E-state index contributed by atoms with van der Waals surface area (Å²) >= 11 is 0. The van der Waals surface area contributed by atoms with Crippen molar-refractivity contribution in [1.82, 2.24) is 0 Å². The number of carbonyl (C=O) groups is 2. The first-order chi connectivity index (χ1) is 18.2. The quantitative estimate of drug-likeness (QED) is 0.158. The van der Waals surface area contributed by atoms with Crippen molar-refractivity contribution in [1.29, 1.82) is 0 Å². The highest BCUT2D eigenvalue weighted by Crippen LogP contribution is 2.76. The fourth-order valence-electron chi connectivity index (χ4n) is 8.18. The van der Waals surface area contributed by atoms with Crippen LogP contribution in [0.25, 0.3) is 0 Å². The zero-order chi connectivity index (χ0) is 29.1. The first kappa shape index (κ1) is 30.0. The van der Waals surface area contributed by atoms with Crippen molar-refractivity contribution < 1.29 is 39.5 Å². The van der Waals surface area contributed by atoms with Gasteiger partial charge in [0.25, 0.3) is 0 Å². The van der Waals surface area contributed by atoms with Crippen molar-refractivity contribution in [3.8, 4) is 0 Å². The molecular weight excluding hydrogens is 500 g/mol. The lowest BCUT2D eigenvalue weighted by Crippen LogP contribution is -2.66. The Morgan fingerprint density at radius 3 is 2.44 bits per heavy atom. The average Bonchev–Trinajstić information content (AvgIpc) is 3.29. The van der Waals surface area contributed by atoms with Gasteiger partial charge in [0.1, 0.15) is 30.0 Å². The molecule has 4 N–H and O–H groups in total. The number of esters is 2. The fraction of sp³-hybridized carbons (Fsp3) is 0.742. The summed E-state index contributed by atoms with van der Waals surface area (Å²) in [5, 5.41) is 47.4. The molecule has 8 heteroatoms. The van der Waals surface area contributed by atoms with Gasteiger partial charge in [-0.15, -0.1) is 0 Å². The van der Waals surface area contributed by atoms with Gasteiger partial charge in [0.15, 0.2) is 0 Å². The maximum atomic E-state index is 13.0. The Kier molecular flexibility index (Phi) is 7.78. The Hall–Kier alpha value is -2.00. The van der Waals surface area contributed by atoms with Crippen molar-refractivity contribution in [2.75, 3.05) is 6.61 Å². The molecule has 1 spiro atoms. The Morgan fingerprint density at radius 2 is 1.82 bits per heavy atom. The summed E-state index contributed by atoms with van der Waals surface area (Å²) < 4.78 is 11.8. The highest BCUT2D eigenvalue weighted by Gasteiger charge is 2.82. The van der Waals surface area contributed by atoms with E-state index >= 15 is 0 Å². The van der Waals surface area contributed by atoms with Gasteiger partial charge in [-0.3, -0.25) is 4.79 Å². The normalized spacial score (nSPS) is 42.3. The summed E-state index contributed by atoms with van der Waals surface area (Å²) in [7, 11) is 0. The molecule has 0 heterocycles. The topological polar surface area (TPSA) is 134 Å². The molecule has 0 aromatic rings. The van der Waals surface area contributed by atoms with Crippen molar-refractivity contribution in [2.24, 2.45) is 28.6 Å². The number of hydrogen-bond donors (Lipinski definition) is 4. The number of allylic oxidation sites excluding steroid dienone is 1. The summed E-state index contributed by atoms with van der Waals surface area (Å²) in [5.41, 5.74) is -3.92. The summed E-state index contributed by atoms with van der Waals surface area (Å²) in [6.45, 7) is 12.7. The van der Waals surface area contributed by atoms with Crippen molar-refractivity contribution in [3.63, 3.8) is 0 Å². The van der Waals surface area contributed by atoms with E-state index < -0.39 is 58.1 Å². The first-order valence-corrected chi connectivity index (χ1v) is 14.4. The number of fused-ring (bicyclic) bond motifs is 3. The van der Waals surface area contributed by atoms with Gasteiger partial charge in [0, 0.05) is 29.2 Å². The van der Waals surface area contributed by atoms with Crippen molar-refractivity contribution in [3.05, 3.63) is 34.9 Å². The van der Waals surface area contributed by atoms with Crippen LogP contribution in [0.3, 0.4) is 0 Å². The van der Waals surface area contributed by atoms with Crippen molar-refractivity contribution >= 4 is 11.9 Å². The molecule has 2 bridgehead atoms. The zero-order valence-corrected chi connectivity index (χ0v) is 24.4. The maximum Gasteiger partial charge on any atom is 0.333 e. The van der Waals surface area contributed by atoms with Gasteiger partial charge in [0.2, 0.25) is 0 Å². The van der Waals surface area contributed by atoms with Crippen LogP contribution in [0.2, 0.25) is 0 Å². The predicted molar refractivity (Wildman–Crippen MR) is 145 cm³/mol. The van der Waals surface area contributed by atoms with Crippen LogP contribution in [0.5, 0.6) is 0 Å². The van der Waals surface area contributed by atoms with E-state index in [4.69, 9.17) is 9.47 Å². The highest BCUT2D eigenvalue weighted by molar-refractivity contribution is 5.87. The maximum absolute atomic E-state index is 13.0. The predicted octanol–water partition coefficient (Wildman–Crippen LogP) is 3.37. The van der Waals surface area contributed by atoms with E-state index in [0.29, 0.717) is 24.0 Å². The van der Waals surface area contributed by atoms with Crippen LogP contribution in [0.15, 0.2) is 34.9 Å². The van der Waals surface area contributed by atoms with Crippen LogP contribution in [0.1, 0.15) is 80.6 Å². The lowest BCUT2D eigenvalue weighted by molar-refractivity contribution is -0.217. The number of unbranched alkanes of at least 4 members (excludes halogenated alkanes) is 2. The van der Waals surface area contributed by atoms with Crippen molar-refractivity contribution in [2.45, 2.75) is 110 Å². The largest absolute Gasteiger partial charge is 0.458 e. The molecule has 2 saturated carbocycles. The van der Waals surface area contributed by atoms with Gasteiger partial charge in [-0.25, -0.2) is 4.79 Å². The number of aliphatic hydroxyl groups is 4. The Balaban J connectivity index is 1.82. The third kappa shape index (κ3) is 4.08. The Bertz CT molecular complexity index is 1100. The minimum absolute atomic E-state index is 0.211. The van der Waals surface area contributed by atoms with E-state index in [1.54, 1.807) is 39.0 Å². The average molecular weight is 547 g/mol. The molecule has 0 amide bonds. The summed E-state index contributed by atoms with van der Waals surface area (Å²) in [6.07, 6.45) is 4.11. The molecule has 0 radical (unpaired) electrons.